The molecule has 0 aliphatic carbocycles. The molecule has 0 bridgehead atoms. The molecule has 0 aromatic heterocycles. The maximum Gasteiger partial charge on any atom is 0.123 e. The van der Waals surface area contributed by atoms with E-state index >= 15 is 0 Å². The lowest BCUT2D eigenvalue weighted by Gasteiger charge is -2.27. The number of hydrogen-bond acceptors (Lipinski definition) is 0. The Kier molecular flexibility index (Phi) is 3.63. The summed E-state index contributed by atoms with van der Waals surface area (Å²) >= 11 is 3.80. The van der Waals surface area contributed by atoms with Gasteiger partial charge >= 0.3 is 0 Å². The van der Waals surface area contributed by atoms with E-state index < -0.39 is 0 Å². The third-order valence-corrected chi connectivity index (χ3v) is 4.50. The van der Waals surface area contributed by atoms with Crippen molar-refractivity contribution < 1.29 is 4.39 Å². The Bertz CT molecular complexity index is 478. The SMILES string of the molecule is CCC(Br)(c1ccccc1)c1ccc(F)cc1. The van der Waals surface area contributed by atoms with Crippen LogP contribution in [-0.2, 0) is 4.32 Å². The summed E-state index contributed by atoms with van der Waals surface area (Å²) in [6, 6.07) is 16.9. The molecule has 2 rings (SSSR count). The van der Waals surface area contributed by atoms with Crippen LogP contribution in [0.4, 0.5) is 4.39 Å². The molecule has 0 amide bonds. The van der Waals surface area contributed by atoms with Gasteiger partial charge in [0, 0.05) is 0 Å². The highest BCUT2D eigenvalue weighted by atomic mass is 79.9. The highest BCUT2D eigenvalue weighted by Crippen LogP contribution is 2.41. The fourth-order valence-electron chi connectivity index (χ4n) is 1.99. The van der Waals surface area contributed by atoms with Gasteiger partial charge in [-0.2, -0.15) is 0 Å². The normalized spacial score (nSPS) is 14.3. The second kappa shape index (κ2) is 5.01. The number of alkyl halides is 1. The molecular formula is C15H14BrF. The summed E-state index contributed by atoms with van der Waals surface area (Å²) in [6.07, 6.45) is 0.905. The zero-order valence-corrected chi connectivity index (χ0v) is 11.2. The molecule has 1 unspecified atom stereocenters. The number of rotatable bonds is 3. The molecule has 0 aliphatic rings. The number of halogens is 2. The van der Waals surface area contributed by atoms with Gasteiger partial charge in [0.25, 0.3) is 0 Å². The molecule has 0 saturated heterocycles. The van der Waals surface area contributed by atoms with Crippen molar-refractivity contribution in [3.8, 4) is 0 Å². The minimum absolute atomic E-state index is 0.201. The maximum absolute atomic E-state index is 13.0. The maximum atomic E-state index is 13.0. The lowest BCUT2D eigenvalue weighted by molar-refractivity contribution is 0.624. The first-order valence-corrected chi connectivity index (χ1v) is 6.46. The molecule has 0 radical (unpaired) electrons. The van der Waals surface area contributed by atoms with E-state index in [4.69, 9.17) is 0 Å². The van der Waals surface area contributed by atoms with Crippen LogP contribution in [0.1, 0.15) is 24.5 Å². The van der Waals surface area contributed by atoms with E-state index in [0.717, 1.165) is 12.0 Å². The fraction of sp³-hybridized carbons (Fsp3) is 0.200. The molecule has 0 N–H and O–H groups in total. The average molecular weight is 293 g/mol. The number of benzene rings is 2. The first-order chi connectivity index (χ1) is 8.16. The second-order valence-electron chi connectivity index (χ2n) is 4.03. The zero-order valence-electron chi connectivity index (χ0n) is 9.66. The predicted molar refractivity (Wildman–Crippen MR) is 72.8 cm³/mol. The van der Waals surface area contributed by atoms with Crippen LogP contribution in [0, 0.1) is 5.82 Å². The highest BCUT2D eigenvalue weighted by molar-refractivity contribution is 9.09. The third-order valence-electron chi connectivity index (χ3n) is 3.02. The van der Waals surface area contributed by atoms with E-state index in [1.807, 2.05) is 30.3 Å². The number of hydrogen-bond donors (Lipinski definition) is 0. The van der Waals surface area contributed by atoms with Gasteiger partial charge in [-0.1, -0.05) is 65.3 Å². The molecule has 0 fully saturated rings. The zero-order chi connectivity index (χ0) is 12.3. The standard InChI is InChI=1S/C15H14BrF/c1-2-15(16,12-6-4-3-5-7-12)13-8-10-14(17)11-9-13/h3-11H,2H2,1H3. The minimum atomic E-state index is -0.234. The molecule has 88 valence electrons. The van der Waals surface area contributed by atoms with Crippen LogP contribution < -0.4 is 0 Å². The van der Waals surface area contributed by atoms with Gasteiger partial charge in [-0.15, -0.1) is 0 Å². The van der Waals surface area contributed by atoms with Crippen LogP contribution >= 0.6 is 15.9 Å². The Morgan fingerprint density at radius 3 is 2.00 bits per heavy atom. The third kappa shape index (κ3) is 2.42. The van der Waals surface area contributed by atoms with Crippen LogP contribution in [-0.4, -0.2) is 0 Å². The van der Waals surface area contributed by atoms with Gasteiger partial charge in [0.1, 0.15) is 5.82 Å². The molecule has 0 saturated carbocycles. The van der Waals surface area contributed by atoms with Crippen molar-refractivity contribution in [2.75, 3.05) is 0 Å². The fourth-order valence-corrected chi connectivity index (χ4v) is 2.52. The largest absolute Gasteiger partial charge is 0.207 e. The first-order valence-electron chi connectivity index (χ1n) is 5.67. The highest BCUT2D eigenvalue weighted by Gasteiger charge is 2.28. The Labute approximate surface area is 110 Å². The Hall–Kier alpha value is -1.15. The van der Waals surface area contributed by atoms with Crippen molar-refractivity contribution in [3.05, 3.63) is 71.5 Å². The summed E-state index contributed by atoms with van der Waals surface area (Å²) in [7, 11) is 0. The van der Waals surface area contributed by atoms with E-state index in [1.165, 1.54) is 17.7 Å². The molecule has 1 atom stereocenters. The van der Waals surface area contributed by atoms with Gasteiger partial charge in [0.15, 0.2) is 0 Å². The van der Waals surface area contributed by atoms with Crippen LogP contribution in [0.2, 0.25) is 0 Å². The van der Waals surface area contributed by atoms with Crippen LogP contribution in [0.15, 0.2) is 54.6 Å². The molecule has 2 aromatic rings. The molecule has 0 nitrogen and oxygen atoms in total. The summed E-state index contributed by atoms with van der Waals surface area (Å²) in [5.41, 5.74) is 2.27. The van der Waals surface area contributed by atoms with E-state index in [0.29, 0.717) is 0 Å². The van der Waals surface area contributed by atoms with Gasteiger partial charge in [-0.3, -0.25) is 0 Å². The van der Waals surface area contributed by atoms with Gasteiger partial charge in [-0.05, 0) is 29.7 Å². The summed E-state index contributed by atoms with van der Waals surface area (Å²) in [6.45, 7) is 2.12. The average Bonchev–Trinajstić information content (AvgIpc) is 2.40. The molecule has 0 aliphatic heterocycles. The smallest absolute Gasteiger partial charge is 0.123 e. The van der Waals surface area contributed by atoms with Gasteiger partial charge in [-0.25, -0.2) is 4.39 Å². The van der Waals surface area contributed by atoms with Crippen LogP contribution in [0.3, 0.4) is 0 Å². The van der Waals surface area contributed by atoms with Gasteiger partial charge < -0.3 is 0 Å². The van der Waals surface area contributed by atoms with Crippen molar-refractivity contribution in [1.29, 1.82) is 0 Å². The van der Waals surface area contributed by atoms with Crippen molar-refractivity contribution in [2.24, 2.45) is 0 Å². The Morgan fingerprint density at radius 2 is 1.47 bits per heavy atom. The summed E-state index contributed by atoms with van der Waals surface area (Å²) in [5.74, 6) is -0.201. The van der Waals surface area contributed by atoms with Gasteiger partial charge in [0.05, 0.1) is 4.32 Å². The monoisotopic (exact) mass is 292 g/mol. The molecule has 0 heterocycles. The van der Waals surface area contributed by atoms with Crippen molar-refractivity contribution in [1.82, 2.24) is 0 Å². The summed E-state index contributed by atoms with van der Waals surface area (Å²) < 4.78 is 12.7. The van der Waals surface area contributed by atoms with Crippen molar-refractivity contribution in [2.45, 2.75) is 17.7 Å². The molecule has 17 heavy (non-hydrogen) atoms. The minimum Gasteiger partial charge on any atom is -0.207 e. The quantitative estimate of drug-likeness (QED) is 0.708. The molecule has 2 aromatic carbocycles. The molecule has 0 spiro atoms. The Morgan fingerprint density at radius 1 is 0.941 bits per heavy atom. The van der Waals surface area contributed by atoms with Crippen LogP contribution in [0.5, 0.6) is 0 Å². The van der Waals surface area contributed by atoms with E-state index in [1.54, 1.807) is 0 Å². The second-order valence-corrected chi connectivity index (χ2v) is 5.38. The van der Waals surface area contributed by atoms with Gasteiger partial charge in [0.2, 0.25) is 0 Å². The van der Waals surface area contributed by atoms with Crippen LogP contribution in [0.25, 0.3) is 0 Å². The lowest BCUT2D eigenvalue weighted by atomic mass is 9.89. The Balaban J connectivity index is 2.48. The molecule has 2 heteroatoms. The molecular weight excluding hydrogens is 279 g/mol. The summed E-state index contributed by atoms with van der Waals surface area (Å²) in [4.78, 5) is 0. The van der Waals surface area contributed by atoms with E-state index in [9.17, 15) is 4.39 Å². The van der Waals surface area contributed by atoms with E-state index in [2.05, 4.69) is 35.0 Å². The summed E-state index contributed by atoms with van der Waals surface area (Å²) in [5, 5.41) is 0. The van der Waals surface area contributed by atoms with Crippen molar-refractivity contribution in [3.63, 3.8) is 0 Å². The lowest BCUT2D eigenvalue weighted by Crippen LogP contribution is -2.18. The van der Waals surface area contributed by atoms with Crippen molar-refractivity contribution >= 4 is 15.9 Å². The predicted octanol–water partition coefficient (Wildman–Crippen LogP) is 4.87. The van der Waals surface area contributed by atoms with E-state index in [-0.39, 0.29) is 10.1 Å². The first kappa shape index (κ1) is 12.3. The topological polar surface area (TPSA) is 0 Å².